The Kier molecular flexibility index (Phi) is 5.09. The number of carbonyl (C=O) groups is 1. The highest BCUT2D eigenvalue weighted by atomic mass is 79.9. The normalized spacial score (nSPS) is 11.2. The van der Waals surface area contributed by atoms with Crippen molar-refractivity contribution in [3.63, 3.8) is 0 Å². The molecule has 1 aromatic carbocycles. The Morgan fingerprint density at radius 1 is 1.40 bits per heavy atom. The Morgan fingerprint density at radius 3 is 2.90 bits per heavy atom. The Morgan fingerprint density at radius 2 is 2.20 bits per heavy atom. The maximum atomic E-state index is 10.9. The number of aromatic nitrogens is 1. The fraction of sp³-hybridized carbons (Fsp3) is 0.333. The first-order valence-electron chi connectivity index (χ1n) is 6.58. The summed E-state index contributed by atoms with van der Waals surface area (Å²) in [5, 5.41) is 10.0. The summed E-state index contributed by atoms with van der Waals surface area (Å²) in [5.74, 6) is -0.794. The van der Waals surface area contributed by atoms with Crippen molar-refractivity contribution in [3.8, 4) is 0 Å². The molecule has 106 valence electrons. The summed E-state index contributed by atoms with van der Waals surface area (Å²) in [5.41, 5.74) is 2.02. The van der Waals surface area contributed by atoms with E-state index in [1.54, 1.807) is 6.20 Å². The zero-order chi connectivity index (χ0) is 14.5. The van der Waals surface area contributed by atoms with Crippen molar-refractivity contribution >= 4 is 32.8 Å². The molecule has 0 aliphatic heterocycles. The van der Waals surface area contributed by atoms with E-state index < -0.39 is 5.97 Å². The monoisotopic (exact) mass is 336 g/mol. The minimum atomic E-state index is -0.794. The summed E-state index contributed by atoms with van der Waals surface area (Å²) in [7, 11) is 0. The van der Waals surface area contributed by atoms with E-state index in [1.807, 2.05) is 29.2 Å². The molecule has 1 aromatic heterocycles. The lowest BCUT2D eigenvalue weighted by Crippen LogP contribution is -2.30. The highest BCUT2D eigenvalue weighted by molar-refractivity contribution is 9.10. The van der Waals surface area contributed by atoms with Crippen LogP contribution in [0, 0.1) is 0 Å². The van der Waals surface area contributed by atoms with Crippen LogP contribution in [0.4, 0.5) is 0 Å². The van der Waals surface area contributed by atoms with Gasteiger partial charge in [0.2, 0.25) is 0 Å². The smallest absolute Gasteiger partial charge is 0.317 e. The summed E-state index contributed by atoms with van der Waals surface area (Å²) in [6, 6.07) is 7.91. The number of benzene rings is 1. The van der Waals surface area contributed by atoms with Gasteiger partial charge in [-0.05, 0) is 46.6 Å². The van der Waals surface area contributed by atoms with Crippen molar-refractivity contribution in [2.45, 2.75) is 19.9 Å². The number of fused-ring (bicyclic) bond motifs is 1. The van der Waals surface area contributed by atoms with E-state index in [0.29, 0.717) is 6.54 Å². The van der Waals surface area contributed by atoms with E-state index in [9.17, 15) is 4.79 Å². The summed E-state index contributed by atoms with van der Waals surface area (Å²) < 4.78 is 0.956. The highest BCUT2D eigenvalue weighted by Gasteiger charge is 2.12. The van der Waals surface area contributed by atoms with Crippen molar-refractivity contribution < 1.29 is 9.90 Å². The molecule has 0 atom stereocenters. The van der Waals surface area contributed by atoms with Gasteiger partial charge in [-0.2, -0.15) is 0 Å². The van der Waals surface area contributed by atoms with Gasteiger partial charge in [-0.3, -0.25) is 14.7 Å². The molecule has 0 amide bonds. The topological polar surface area (TPSA) is 53.4 Å². The lowest BCUT2D eigenvalue weighted by Gasteiger charge is -2.20. The van der Waals surface area contributed by atoms with Crippen LogP contribution < -0.4 is 0 Å². The summed E-state index contributed by atoms with van der Waals surface area (Å²) >= 11 is 3.50. The summed E-state index contributed by atoms with van der Waals surface area (Å²) in [4.78, 5) is 17.2. The Labute approximate surface area is 126 Å². The molecule has 0 bridgehead atoms. The molecule has 1 N–H and O–H groups in total. The lowest BCUT2D eigenvalue weighted by molar-refractivity contribution is -0.138. The van der Waals surface area contributed by atoms with Gasteiger partial charge in [0, 0.05) is 22.6 Å². The van der Waals surface area contributed by atoms with Crippen LogP contribution in [-0.2, 0) is 11.3 Å². The number of carboxylic acids is 1. The molecule has 0 radical (unpaired) electrons. The van der Waals surface area contributed by atoms with Crippen LogP contribution in [0.2, 0.25) is 0 Å². The van der Waals surface area contributed by atoms with Gasteiger partial charge in [-0.25, -0.2) is 0 Å². The molecule has 20 heavy (non-hydrogen) atoms. The molecule has 0 spiro atoms. The van der Waals surface area contributed by atoms with Gasteiger partial charge in [0.25, 0.3) is 0 Å². The number of nitrogens with zero attached hydrogens (tertiary/aromatic N) is 2. The maximum Gasteiger partial charge on any atom is 0.317 e. The molecule has 1 heterocycles. The molecule has 2 aromatic rings. The van der Waals surface area contributed by atoms with Gasteiger partial charge in [0.15, 0.2) is 0 Å². The predicted octanol–water partition coefficient (Wildman–Crippen LogP) is 3.29. The number of pyridine rings is 1. The molecule has 0 saturated carbocycles. The van der Waals surface area contributed by atoms with E-state index >= 15 is 0 Å². The van der Waals surface area contributed by atoms with Gasteiger partial charge < -0.3 is 5.11 Å². The first-order chi connectivity index (χ1) is 9.61. The average molecular weight is 337 g/mol. The Hall–Kier alpha value is -1.46. The number of aliphatic carboxylic acids is 1. The number of carboxylic acid groups (broad SMARTS) is 1. The van der Waals surface area contributed by atoms with E-state index in [0.717, 1.165) is 33.9 Å². The summed E-state index contributed by atoms with van der Waals surface area (Å²) in [6.45, 7) is 3.50. The molecule has 4 nitrogen and oxygen atoms in total. The third-order valence-corrected chi connectivity index (χ3v) is 3.74. The van der Waals surface area contributed by atoms with E-state index in [1.165, 1.54) is 0 Å². The molecule has 2 rings (SSSR count). The second-order valence-electron chi connectivity index (χ2n) is 4.71. The van der Waals surface area contributed by atoms with Crippen LogP contribution in [0.15, 0.2) is 34.9 Å². The second kappa shape index (κ2) is 6.81. The second-order valence-corrected chi connectivity index (χ2v) is 5.56. The van der Waals surface area contributed by atoms with Crippen LogP contribution in [0.3, 0.4) is 0 Å². The van der Waals surface area contributed by atoms with Gasteiger partial charge >= 0.3 is 5.97 Å². The van der Waals surface area contributed by atoms with E-state index in [4.69, 9.17) is 5.11 Å². The molecular weight excluding hydrogens is 320 g/mol. The van der Waals surface area contributed by atoms with Gasteiger partial charge in [0.05, 0.1) is 12.1 Å². The minimum Gasteiger partial charge on any atom is -0.480 e. The van der Waals surface area contributed by atoms with Crippen molar-refractivity contribution in [2.24, 2.45) is 0 Å². The third kappa shape index (κ3) is 3.55. The molecule has 0 unspecified atom stereocenters. The largest absolute Gasteiger partial charge is 0.480 e. The van der Waals surface area contributed by atoms with Crippen LogP contribution >= 0.6 is 15.9 Å². The zero-order valence-corrected chi connectivity index (χ0v) is 12.9. The van der Waals surface area contributed by atoms with Gasteiger partial charge in [-0.1, -0.05) is 19.1 Å². The SMILES string of the molecule is CCCN(CC(=O)O)Cc1ccnc2c(Br)cccc12. The maximum absolute atomic E-state index is 10.9. The molecule has 0 fully saturated rings. The number of hydrogen-bond donors (Lipinski definition) is 1. The number of para-hydroxylation sites is 1. The third-order valence-electron chi connectivity index (χ3n) is 3.10. The first-order valence-corrected chi connectivity index (χ1v) is 7.37. The molecule has 0 aliphatic rings. The molecule has 5 heteroatoms. The van der Waals surface area contributed by atoms with E-state index in [-0.39, 0.29) is 6.54 Å². The Bertz CT molecular complexity index is 616. The fourth-order valence-corrected chi connectivity index (χ4v) is 2.77. The summed E-state index contributed by atoms with van der Waals surface area (Å²) in [6.07, 6.45) is 2.70. The van der Waals surface area contributed by atoms with Crippen LogP contribution in [0.25, 0.3) is 10.9 Å². The minimum absolute atomic E-state index is 0.0612. The van der Waals surface area contributed by atoms with Crippen LogP contribution in [0.1, 0.15) is 18.9 Å². The van der Waals surface area contributed by atoms with Crippen LogP contribution in [-0.4, -0.2) is 34.0 Å². The standard InChI is InChI=1S/C15H17BrN2O2/c1-2-8-18(10-14(19)20)9-11-6-7-17-15-12(11)4-3-5-13(15)16/h3-7H,2,8-10H2,1H3,(H,19,20). The van der Waals surface area contributed by atoms with Crippen molar-refractivity contribution in [1.82, 2.24) is 9.88 Å². The zero-order valence-electron chi connectivity index (χ0n) is 11.3. The predicted molar refractivity (Wildman–Crippen MR) is 82.6 cm³/mol. The van der Waals surface area contributed by atoms with Gasteiger partial charge in [0.1, 0.15) is 0 Å². The fourth-order valence-electron chi connectivity index (χ4n) is 2.30. The lowest BCUT2D eigenvalue weighted by atomic mass is 10.1. The number of rotatable bonds is 6. The number of halogens is 1. The highest BCUT2D eigenvalue weighted by Crippen LogP contribution is 2.25. The van der Waals surface area contributed by atoms with Crippen molar-refractivity contribution in [3.05, 3.63) is 40.5 Å². The van der Waals surface area contributed by atoms with Crippen LogP contribution in [0.5, 0.6) is 0 Å². The average Bonchev–Trinajstić information content (AvgIpc) is 2.39. The van der Waals surface area contributed by atoms with E-state index in [2.05, 4.69) is 27.8 Å². The quantitative estimate of drug-likeness (QED) is 0.879. The Balaban J connectivity index is 2.32. The number of hydrogen-bond acceptors (Lipinski definition) is 3. The van der Waals surface area contributed by atoms with Crippen molar-refractivity contribution in [2.75, 3.05) is 13.1 Å². The van der Waals surface area contributed by atoms with Gasteiger partial charge in [-0.15, -0.1) is 0 Å². The molecular formula is C15H17BrN2O2. The van der Waals surface area contributed by atoms with Crippen molar-refractivity contribution in [1.29, 1.82) is 0 Å². The first kappa shape index (κ1) is 14.9. The molecule has 0 aliphatic carbocycles. The molecule has 0 saturated heterocycles.